The summed E-state index contributed by atoms with van der Waals surface area (Å²) in [7, 11) is 1.88. The first-order valence-electron chi connectivity index (χ1n) is 6.01. The summed E-state index contributed by atoms with van der Waals surface area (Å²) in [6.45, 7) is 3.07. The second kappa shape index (κ2) is 4.84. The fraction of sp³-hybridized carbons (Fsp3) is 0.462. The molecular formula is C13H18FN3O. The number of oxime groups is 1. The van der Waals surface area contributed by atoms with E-state index in [1.807, 2.05) is 11.9 Å². The molecule has 0 radical (unpaired) electrons. The zero-order chi connectivity index (χ0) is 13.3. The first-order valence-corrected chi connectivity index (χ1v) is 6.01. The highest BCUT2D eigenvalue weighted by atomic mass is 19.1. The van der Waals surface area contributed by atoms with Gasteiger partial charge in [-0.05, 0) is 36.5 Å². The molecule has 98 valence electrons. The van der Waals surface area contributed by atoms with Crippen molar-refractivity contribution in [2.24, 2.45) is 22.7 Å². The maximum Gasteiger partial charge on any atom is 0.170 e. The summed E-state index contributed by atoms with van der Waals surface area (Å²) in [6.07, 6.45) is 1.22. The van der Waals surface area contributed by atoms with Gasteiger partial charge in [-0.15, -0.1) is 0 Å². The van der Waals surface area contributed by atoms with Crippen molar-refractivity contribution in [1.29, 1.82) is 0 Å². The van der Waals surface area contributed by atoms with Crippen molar-refractivity contribution in [2.75, 3.05) is 18.5 Å². The molecule has 2 atom stereocenters. The summed E-state index contributed by atoms with van der Waals surface area (Å²) in [5.41, 5.74) is 6.34. The molecule has 2 rings (SSSR count). The van der Waals surface area contributed by atoms with Crippen molar-refractivity contribution in [3.63, 3.8) is 0 Å². The number of amidine groups is 1. The Morgan fingerprint density at radius 2 is 2.28 bits per heavy atom. The lowest BCUT2D eigenvalue weighted by Crippen LogP contribution is -2.22. The predicted octanol–water partition coefficient (Wildman–Crippen LogP) is 2.01. The third-order valence-corrected chi connectivity index (χ3v) is 3.55. The maximum atomic E-state index is 13.9. The summed E-state index contributed by atoms with van der Waals surface area (Å²) in [5, 5.41) is 11.4. The van der Waals surface area contributed by atoms with Crippen LogP contribution in [-0.2, 0) is 0 Å². The van der Waals surface area contributed by atoms with E-state index >= 15 is 0 Å². The number of nitrogens with two attached hydrogens (primary N) is 1. The van der Waals surface area contributed by atoms with Crippen LogP contribution < -0.4 is 10.6 Å². The van der Waals surface area contributed by atoms with Gasteiger partial charge in [-0.3, -0.25) is 0 Å². The molecule has 1 aromatic rings. The average molecular weight is 251 g/mol. The van der Waals surface area contributed by atoms with Gasteiger partial charge in [0, 0.05) is 19.2 Å². The number of anilines is 1. The summed E-state index contributed by atoms with van der Waals surface area (Å²) < 4.78 is 13.9. The first kappa shape index (κ1) is 12.7. The first-order chi connectivity index (χ1) is 8.52. The highest BCUT2D eigenvalue weighted by Crippen LogP contribution is 2.38. The molecule has 0 spiro atoms. The standard InChI is InChI=1S/C13H18FN3O/c1-8-5-10(8)7-17(2)12-4-3-9(6-11(12)14)13(15)16-18/h3-4,6,8,10,18H,5,7H2,1-2H3,(H2,15,16). The monoisotopic (exact) mass is 251 g/mol. The smallest absolute Gasteiger partial charge is 0.170 e. The Morgan fingerprint density at radius 3 is 2.78 bits per heavy atom. The Hall–Kier alpha value is -1.78. The van der Waals surface area contributed by atoms with Gasteiger partial charge in [0.05, 0.1) is 5.69 Å². The molecule has 0 bridgehead atoms. The van der Waals surface area contributed by atoms with E-state index in [0.29, 0.717) is 17.2 Å². The molecule has 4 nitrogen and oxygen atoms in total. The van der Waals surface area contributed by atoms with Gasteiger partial charge in [0.1, 0.15) is 5.82 Å². The fourth-order valence-electron chi connectivity index (χ4n) is 2.14. The summed E-state index contributed by atoms with van der Waals surface area (Å²) in [5.74, 6) is 0.971. The predicted molar refractivity (Wildman–Crippen MR) is 69.5 cm³/mol. The molecule has 2 unspecified atom stereocenters. The van der Waals surface area contributed by atoms with Gasteiger partial charge < -0.3 is 15.8 Å². The normalized spacial score (nSPS) is 22.9. The highest BCUT2D eigenvalue weighted by molar-refractivity contribution is 5.97. The molecule has 5 heteroatoms. The van der Waals surface area contributed by atoms with Crippen molar-refractivity contribution in [3.8, 4) is 0 Å². The largest absolute Gasteiger partial charge is 0.409 e. The van der Waals surface area contributed by atoms with E-state index in [-0.39, 0.29) is 11.7 Å². The SMILES string of the molecule is CC1CC1CN(C)c1ccc(C(N)=NO)cc1F. The quantitative estimate of drug-likeness (QED) is 0.372. The third-order valence-electron chi connectivity index (χ3n) is 3.55. The number of rotatable bonds is 4. The van der Waals surface area contributed by atoms with Gasteiger partial charge >= 0.3 is 0 Å². The lowest BCUT2D eigenvalue weighted by Gasteiger charge is -2.20. The van der Waals surface area contributed by atoms with Crippen molar-refractivity contribution >= 4 is 11.5 Å². The summed E-state index contributed by atoms with van der Waals surface area (Å²) >= 11 is 0. The van der Waals surface area contributed by atoms with Crippen molar-refractivity contribution < 1.29 is 9.60 Å². The van der Waals surface area contributed by atoms with Gasteiger partial charge in [0.2, 0.25) is 0 Å². The van der Waals surface area contributed by atoms with Gasteiger partial charge in [-0.1, -0.05) is 12.1 Å². The molecule has 0 aromatic heterocycles. The van der Waals surface area contributed by atoms with E-state index in [0.717, 1.165) is 12.5 Å². The van der Waals surface area contributed by atoms with Crippen LogP contribution in [0.1, 0.15) is 18.9 Å². The summed E-state index contributed by atoms with van der Waals surface area (Å²) in [6, 6.07) is 4.60. The molecular weight excluding hydrogens is 233 g/mol. The second-order valence-electron chi connectivity index (χ2n) is 5.01. The minimum atomic E-state index is -0.352. The van der Waals surface area contributed by atoms with Crippen LogP contribution in [0.2, 0.25) is 0 Å². The van der Waals surface area contributed by atoms with Crippen LogP contribution in [0.3, 0.4) is 0 Å². The van der Waals surface area contributed by atoms with Crippen molar-refractivity contribution in [3.05, 3.63) is 29.6 Å². The van der Waals surface area contributed by atoms with E-state index in [9.17, 15) is 4.39 Å². The molecule has 1 saturated carbocycles. The average Bonchev–Trinajstić information content (AvgIpc) is 3.03. The molecule has 0 saturated heterocycles. The molecule has 18 heavy (non-hydrogen) atoms. The third kappa shape index (κ3) is 2.55. The topological polar surface area (TPSA) is 61.8 Å². The Morgan fingerprint density at radius 1 is 1.61 bits per heavy atom. The van der Waals surface area contributed by atoms with E-state index in [2.05, 4.69) is 12.1 Å². The van der Waals surface area contributed by atoms with Crippen LogP contribution in [0.15, 0.2) is 23.4 Å². The minimum absolute atomic E-state index is 0.0843. The van der Waals surface area contributed by atoms with Gasteiger partial charge in [-0.25, -0.2) is 4.39 Å². The number of benzene rings is 1. The molecule has 0 aliphatic heterocycles. The van der Waals surface area contributed by atoms with Crippen LogP contribution in [0, 0.1) is 17.7 Å². The van der Waals surface area contributed by atoms with Crippen LogP contribution >= 0.6 is 0 Å². The van der Waals surface area contributed by atoms with Crippen LogP contribution in [0.5, 0.6) is 0 Å². The van der Waals surface area contributed by atoms with E-state index in [1.54, 1.807) is 12.1 Å². The Balaban J connectivity index is 2.13. The van der Waals surface area contributed by atoms with Gasteiger partial charge in [0.15, 0.2) is 5.84 Å². The molecule has 1 fully saturated rings. The van der Waals surface area contributed by atoms with E-state index in [1.165, 1.54) is 12.5 Å². The highest BCUT2D eigenvalue weighted by Gasteiger charge is 2.33. The van der Waals surface area contributed by atoms with Crippen molar-refractivity contribution in [1.82, 2.24) is 0 Å². The van der Waals surface area contributed by atoms with E-state index < -0.39 is 0 Å². The fourth-order valence-corrected chi connectivity index (χ4v) is 2.14. The van der Waals surface area contributed by atoms with Gasteiger partial charge in [0.25, 0.3) is 0 Å². The van der Waals surface area contributed by atoms with Crippen LogP contribution in [0.4, 0.5) is 10.1 Å². The zero-order valence-corrected chi connectivity index (χ0v) is 10.6. The van der Waals surface area contributed by atoms with E-state index in [4.69, 9.17) is 10.9 Å². The second-order valence-corrected chi connectivity index (χ2v) is 5.01. The minimum Gasteiger partial charge on any atom is -0.409 e. The molecule has 1 aromatic carbocycles. The molecule has 3 N–H and O–H groups in total. The lowest BCUT2D eigenvalue weighted by atomic mass is 10.1. The molecule has 0 amide bonds. The van der Waals surface area contributed by atoms with Gasteiger partial charge in [-0.2, -0.15) is 0 Å². The number of nitrogens with zero attached hydrogens (tertiary/aromatic N) is 2. The number of hydrogen-bond donors (Lipinski definition) is 2. The number of halogens is 1. The number of hydrogen-bond acceptors (Lipinski definition) is 3. The van der Waals surface area contributed by atoms with Crippen LogP contribution in [0.25, 0.3) is 0 Å². The Labute approximate surface area is 106 Å². The van der Waals surface area contributed by atoms with Crippen molar-refractivity contribution in [2.45, 2.75) is 13.3 Å². The summed E-state index contributed by atoms with van der Waals surface area (Å²) in [4.78, 5) is 1.92. The lowest BCUT2D eigenvalue weighted by molar-refractivity contribution is 0.318. The molecule has 1 aliphatic rings. The molecule has 0 heterocycles. The maximum absolute atomic E-state index is 13.9. The van der Waals surface area contributed by atoms with Crippen LogP contribution in [-0.4, -0.2) is 24.6 Å². The Kier molecular flexibility index (Phi) is 3.41. The Bertz CT molecular complexity index is 475. The molecule has 1 aliphatic carbocycles. The zero-order valence-electron chi connectivity index (χ0n) is 10.6.